The Balaban J connectivity index is 1.85. The van der Waals surface area contributed by atoms with Crippen LogP contribution in [0.5, 0.6) is 0 Å². The van der Waals surface area contributed by atoms with E-state index >= 15 is 0 Å². The third-order valence-corrected chi connectivity index (χ3v) is 2.91. The molecule has 0 bridgehead atoms. The average Bonchev–Trinajstić information content (AvgIpc) is 2.81. The summed E-state index contributed by atoms with van der Waals surface area (Å²) in [4.78, 5) is 4.21. The molecule has 0 aliphatic heterocycles. The van der Waals surface area contributed by atoms with Gasteiger partial charge in [0.2, 0.25) is 0 Å². The normalized spacial score (nSPS) is 10.6. The quantitative estimate of drug-likeness (QED) is 0.778. The minimum Gasteiger partial charge on any atom is -0.306 e. The molecule has 0 aliphatic rings. The lowest BCUT2D eigenvalue weighted by atomic mass is 10.3. The van der Waals surface area contributed by atoms with E-state index in [1.54, 1.807) is 10.9 Å². The van der Waals surface area contributed by atoms with E-state index in [0.29, 0.717) is 17.7 Å². The van der Waals surface area contributed by atoms with Crippen LogP contribution in [-0.4, -0.2) is 35.2 Å². The molecule has 0 amide bonds. The monoisotopic (exact) mass is 282 g/mol. The molecule has 8 nitrogen and oxygen atoms in total. The van der Waals surface area contributed by atoms with Crippen LogP contribution in [0.25, 0.3) is 5.95 Å². The number of hydrogen-bond acceptors (Lipinski definition) is 7. The van der Waals surface area contributed by atoms with Gasteiger partial charge in [-0.3, -0.25) is 0 Å². The van der Waals surface area contributed by atoms with Crippen LogP contribution in [0.4, 0.5) is 11.8 Å². The topological polar surface area (TPSA) is 94.3 Å². The molecule has 3 aromatic heterocycles. The first kappa shape index (κ1) is 13.1. The van der Waals surface area contributed by atoms with E-state index in [1.807, 2.05) is 39.0 Å². The van der Waals surface area contributed by atoms with E-state index in [2.05, 4.69) is 35.8 Å². The van der Waals surface area contributed by atoms with Crippen molar-refractivity contribution in [1.29, 1.82) is 0 Å². The number of nitrogens with one attached hydrogen (secondary N) is 1. The molecule has 0 spiro atoms. The molecule has 3 rings (SSSR count). The molecule has 0 radical (unpaired) electrons. The Labute approximate surface area is 121 Å². The van der Waals surface area contributed by atoms with E-state index < -0.39 is 0 Å². The Hall–Kier alpha value is -2.90. The second kappa shape index (κ2) is 5.23. The summed E-state index contributed by atoms with van der Waals surface area (Å²) >= 11 is 0. The zero-order valence-corrected chi connectivity index (χ0v) is 11.9. The van der Waals surface area contributed by atoms with Gasteiger partial charge in [0, 0.05) is 11.9 Å². The van der Waals surface area contributed by atoms with Crippen LogP contribution >= 0.6 is 0 Å². The molecule has 0 saturated carbocycles. The van der Waals surface area contributed by atoms with Crippen LogP contribution in [0.3, 0.4) is 0 Å². The maximum absolute atomic E-state index is 4.29. The highest BCUT2D eigenvalue weighted by molar-refractivity contribution is 5.51. The lowest BCUT2D eigenvalue weighted by Crippen LogP contribution is -2.10. The van der Waals surface area contributed by atoms with E-state index in [0.717, 1.165) is 17.0 Å². The zero-order chi connectivity index (χ0) is 14.8. The number of pyridine rings is 1. The molecule has 106 valence electrons. The van der Waals surface area contributed by atoms with Gasteiger partial charge in [-0.25, -0.2) is 9.67 Å². The third-order valence-electron chi connectivity index (χ3n) is 2.91. The van der Waals surface area contributed by atoms with Crippen LogP contribution in [0.2, 0.25) is 0 Å². The predicted molar refractivity (Wildman–Crippen MR) is 76.5 cm³/mol. The summed E-state index contributed by atoms with van der Waals surface area (Å²) in [6, 6.07) is 5.75. The van der Waals surface area contributed by atoms with E-state index in [-0.39, 0.29) is 0 Å². The summed E-state index contributed by atoms with van der Waals surface area (Å²) in [5.74, 6) is 1.31. The van der Waals surface area contributed by atoms with Crippen LogP contribution in [-0.2, 0) is 0 Å². The Morgan fingerprint density at radius 1 is 1.05 bits per heavy atom. The van der Waals surface area contributed by atoms with Gasteiger partial charge < -0.3 is 5.32 Å². The van der Waals surface area contributed by atoms with Gasteiger partial charge in [-0.2, -0.15) is 5.10 Å². The highest BCUT2D eigenvalue weighted by Gasteiger charge is 2.09. The zero-order valence-electron chi connectivity index (χ0n) is 11.9. The summed E-state index contributed by atoms with van der Waals surface area (Å²) in [5, 5.41) is 23.4. The van der Waals surface area contributed by atoms with Crippen molar-refractivity contribution in [2.45, 2.75) is 20.8 Å². The number of hydrogen-bond donors (Lipinski definition) is 1. The molecule has 0 aliphatic carbocycles. The van der Waals surface area contributed by atoms with Crippen LogP contribution in [0, 0.1) is 20.8 Å². The second-order valence-corrected chi connectivity index (χ2v) is 4.66. The Morgan fingerprint density at radius 2 is 1.81 bits per heavy atom. The molecule has 0 fully saturated rings. The van der Waals surface area contributed by atoms with Gasteiger partial charge in [-0.15, -0.1) is 20.4 Å². The summed E-state index contributed by atoms with van der Waals surface area (Å²) in [6.07, 6.45) is 1.69. The Morgan fingerprint density at radius 3 is 2.43 bits per heavy atom. The number of aryl methyl sites for hydroxylation is 3. The van der Waals surface area contributed by atoms with Gasteiger partial charge in [-0.1, -0.05) is 6.07 Å². The Bertz CT molecular complexity index is 762. The Kier molecular flexibility index (Phi) is 3.27. The molecule has 0 aromatic carbocycles. The highest BCUT2D eigenvalue weighted by atomic mass is 15.5. The van der Waals surface area contributed by atoms with Crippen molar-refractivity contribution < 1.29 is 0 Å². The summed E-state index contributed by atoms with van der Waals surface area (Å²) < 4.78 is 1.60. The largest absolute Gasteiger partial charge is 0.306 e. The summed E-state index contributed by atoms with van der Waals surface area (Å²) in [5.41, 5.74) is 2.81. The van der Waals surface area contributed by atoms with Gasteiger partial charge >= 0.3 is 0 Å². The molecule has 3 heterocycles. The van der Waals surface area contributed by atoms with Gasteiger partial charge in [0.05, 0.1) is 5.69 Å². The van der Waals surface area contributed by atoms with Crippen LogP contribution in [0.1, 0.15) is 17.0 Å². The van der Waals surface area contributed by atoms with Crippen molar-refractivity contribution in [2.24, 2.45) is 0 Å². The van der Waals surface area contributed by atoms with E-state index in [4.69, 9.17) is 0 Å². The molecule has 0 unspecified atom stereocenters. The standard InChI is InChI=1S/C13H14N8/c1-8-5-4-6-14-11(8)15-12-16-18-13(19-17-12)21-10(3)7-9(2)20-21/h4-7H,1-3H3,(H,14,15,16,17). The smallest absolute Gasteiger partial charge is 0.289 e. The number of rotatable bonds is 3. The molecular formula is C13H14N8. The van der Waals surface area contributed by atoms with Crippen molar-refractivity contribution in [1.82, 2.24) is 35.2 Å². The lowest BCUT2D eigenvalue weighted by Gasteiger charge is -2.05. The van der Waals surface area contributed by atoms with Crippen molar-refractivity contribution in [2.75, 3.05) is 5.32 Å². The minimum absolute atomic E-state index is 0.294. The van der Waals surface area contributed by atoms with Crippen molar-refractivity contribution in [3.63, 3.8) is 0 Å². The second-order valence-electron chi connectivity index (χ2n) is 4.66. The fraction of sp³-hybridized carbons (Fsp3) is 0.231. The van der Waals surface area contributed by atoms with E-state index in [1.165, 1.54) is 0 Å². The van der Waals surface area contributed by atoms with Crippen molar-refractivity contribution in [3.05, 3.63) is 41.3 Å². The average molecular weight is 282 g/mol. The number of nitrogens with zero attached hydrogens (tertiary/aromatic N) is 7. The lowest BCUT2D eigenvalue weighted by molar-refractivity contribution is 0.713. The van der Waals surface area contributed by atoms with Gasteiger partial charge in [0.1, 0.15) is 5.82 Å². The highest BCUT2D eigenvalue weighted by Crippen LogP contribution is 2.13. The van der Waals surface area contributed by atoms with Crippen molar-refractivity contribution in [3.8, 4) is 5.95 Å². The summed E-state index contributed by atoms with van der Waals surface area (Å²) in [6.45, 7) is 5.78. The van der Waals surface area contributed by atoms with Crippen LogP contribution < -0.4 is 5.32 Å². The maximum atomic E-state index is 4.29. The predicted octanol–water partition coefficient (Wildman–Crippen LogP) is 1.52. The van der Waals surface area contributed by atoms with Gasteiger partial charge in [0.15, 0.2) is 0 Å². The number of aromatic nitrogens is 7. The fourth-order valence-corrected chi connectivity index (χ4v) is 1.91. The molecule has 0 atom stereocenters. The fourth-order valence-electron chi connectivity index (χ4n) is 1.91. The molecule has 0 saturated heterocycles. The first-order valence-corrected chi connectivity index (χ1v) is 6.43. The molecular weight excluding hydrogens is 268 g/mol. The van der Waals surface area contributed by atoms with Gasteiger partial charge in [-0.05, 0) is 38.5 Å². The summed E-state index contributed by atoms with van der Waals surface area (Å²) in [7, 11) is 0. The molecule has 3 aromatic rings. The SMILES string of the molecule is Cc1cc(C)n(-c2nnc(Nc3ncccc3C)nn2)n1. The third kappa shape index (κ3) is 2.69. The van der Waals surface area contributed by atoms with Crippen LogP contribution in [0.15, 0.2) is 24.4 Å². The minimum atomic E-state index is 0.294. The first-order valence-electron chi connectivity index (χ1n) is 6.43. The van der Waals surface area contributed by atoms with E-state index in [9.17, 15) is 0 Å². The first-order chi connectivity index (χ1) is 10.1. The number of anilines is 2. The molecule has 21 heavy (non-hydrogen) atoms. The maximum Gasteiger partial charge on any atom is 0.289 e. The van der Waals surface area contributed by atoms with Crippen molar-refractivity contribution >= 4 is 11.8 Å². The molecule has 8 heteroatoms. The molecule has 1 N–H and O–H groups in total. The van der Waals surface area contributed by atoms with Gasteiger partial charge in [0.25, 0.3) is 11.9 Å².